The minimum absolute atomic E-state index is 0.0170. The highest BCUT2D eigenvalue weighted by Crippen LogP contribution is 2.22. The predicted octanol–water partition coefficient (Wildman–Crippen LogP) is 1.16. The SMILES string of the molecule is CCC1CCCN(C(=O)C2CCC(=O)NC2)C1. The third-order valence-corrected chi connectivity index (χ3v) is 4.02. The lowest BCUT2D eigenvalue weighted by Gasteiger charge is -2.35. The normalized spacial score (nSPS) is 29.9. The van der Waals surface area contributed by atoms with E-state index < -0.39 is 0 Å². The summed E-state index contributed by atoms with van der Waals surface area (Å²) in [5, 5.41) is 2.79. The van der Waals surface area contributed by atoms with Crippen LogP contribution in [0.5, 0.6) is 0 Å². The summed E-state index contributed by atoms with van der Waals surface area (Å²) in [7, 11) is 0. The fourth-order valence-electron chi connectivity index (χ4n) is 2.80. The summed E-state index contributed by atoms with van der Waals surface area (Å²) in [4.78, 5) is 25.4. The van der Waals surface area contributed by atoms with Gasteiger partial charge < -0.3 is 10.2 Å². The van der Waals surface area contributed by atoms with Gasteiger partial charge in [-0.3, -0.25) is 9.59 Å². The van der Waals surface area contributed by atoms with Crippen LogP contribution < -0.4 is 5.32 Å². The van der Waals surface area contributed by atoms with Gasteiger partial charge in [0.15, 0.2) is 0 Å². The van der Waals surface area contributed by atoms with Gasteiger partial charge in [-0.1, -0.05) is 13.3 Å². The second-order valence-corrected chi connectivity index (χ2v) is 5.24. The fraction of sp³-hybridized carbons (Fsp3) is 0.846. The lowest BCUT2D eigenvalue weighted by Crippen LogP contribution is -2.47. The van der Waals surface area contributed by atoms with Crippen molar-refractivity contribution in [2.24, 2.45) is 11.8 Å². The van der Waals surface area contributed by atoms with E-state index >= 15 is 0 Å². The zero-order chi connectivity index (χ0) is 12.3. The number of hydrogen-bond acceptors (Lipinski definition) is 2. The minimum atomic E-state index is 0.0170. The van der Waals surface area contributed by atoms with Crippen LogP contribution in [-0.4, -0.2) is 36.3 Å². The van der Waals surface area contributed by atoms with Crippen LogP contribution in [0.3, 0.4) is 0 Å². The lowest BCUT2D eigenvalue weighted by molar-refractivity contribution is -0.139. The number of carbonyl (C=O) groups is 2. The molecule has 0 spiro atoms. The first-order valence-corrected chi connectivity index (χ1v) is 6.76. The molecule has 2 unspecified atom stereocenters. The molecule has 96 valence electrons. The molecule has 0 aromatic rings. The van der Waals surface area contributed by atoms with E-state index in [2.05, 4.69) is 12.2 Å². The van der Waals surface area contributed by atoms with Crippen molar-refractivity contribution in [2.45, 2.75) is 39.0 Å². The molecule has 2 heterocycles. The number of nitrogens with one attached hydrogen (secondary N) is 1. The molecule has 0 aliphatic carbocycles. The number of likely N-dealkylation sites (tertiary alicyclic amines) is 1. The van der Waals surface area contributed by atoms with Crippen molar-refractivity contribution in [3.05, 3.63) is 0 Å². The van der Waals surface area contributed by atoms with Crippen molar-refractivity contribution in [3.63, 3.8) is 0 Å². The lowest BCUT2D eigenvalue weighted by atomic mass is 9.92. The Bertz CT molecular complexity index is 294. The molecule has 0 bridgehead atoms. The summed E-state index contributed by atoms with van der Waals surface area (Å²) in [6.07, 6.45) is 4.76. The summed E-state index contributed by atoms with van der Waals surface area (Å²) in [6.45, 7) is 4.55. The molecule has 1 N–H and O–H groups in total. The van der Waals surface area contributed by atoms with Gasteiger partial charge in [-0.2, -0.15) is 0 Å². The van der Waals surface area contributed by atoms with Crippen LogP contribution in [-0.2, 0) is 9.59 Å². The second kappa shape index (κ2) is 5.52. The van der Waals surface area contributed by atoms with Crippen LogP contribution >= 0.6 is 0 Å². The van der Waals surface area contributed by atoms with Crippen molar-refractivity contribution in [2.75, 3.05) is 19.6 Å². The van der Waals surface area contributed by atoms with Gasteiger partial charge in [-0.05, 0) is 25.2 Å². The molecule has 2 aliphatic heterocycles. The standard InChI is InChI=1S/C13H22N2O2/c1-2-10-4-3-7-15(9-10)13(17)11-5-6-12(16)14-8-11/h10-11H,2-9H2,1H3,(H,14,16). The number of nitrogens with zero attached hydrogens (tertiary/aromatic N) is 1. The van der Waals surface area contributed by atoms with E-state index in [0.717, 1.165) is 32.4 Å². The monoisotopic (exact) mass is 238 g/mol. The van der Waals surface area contributed by atoms with Gasteiger partial charge in [0.1, 0.15) is 0 Å². The molecule has 0 aromatic heterocycles. The van der Waals surface area contributed by atoms with Gasteiger partial charge in [0.25, 0.3) is 0 Å². The van der Waals surface area contributed by atoms with Crippen LogP contribution in [0.15, 0.2) is 0 Å². The Labute approximate surface area is 103 Å². The fourth-order valence-corrected chi connectivity index (χ4v) is 2.80. The highest BCUT2D eigenvalue weighted by atomic mass is 16.2. The van der Waals surface area contributed by atoms with E-state index in [1.54, 1.807) is 0 Å². The molecular formula is C13H22N2O2. The summed E-state index contributed by atoms with van der Waals surface area (Å²) >= 11 is 0. The van der Waals surface area contributed by atoms with Crippen LogP contribution in [0.4, 0.5) is 0 Å². The van der Waals surface area contributed by atoms with Gasteiger partial charge in [-0.25, -0.2) is 0 Å². The van der Waals surface area contributed by atoms with E-state index in [4.69, 9.17) is 0 Å². The average Bonchev–Trinajstić information content (AvgIpc) is 2.39. The molecule has 2 atom stereocenters. The molecule has 2 fully saturated rings. The van der Waals surface area contributed by atoms with Crippen LogP contribution in [0.2, 0.25) is 0 Å². The maximum atomic E-state index is 12.3. The number of amides is 2. The van der Waals surface area contributed by atoms with E-state index in [0.29, 0.717) is 18.9 Å². The van der Waals surface area contributed by atoms with E-state index in [1.165, 1.54) is 6.42 Å². The molecule has 2 rings (SSSR count). The first-order chi connectivity index (χ1) is 8.20. The Morgan fingerprint density at radius 3 is 2.94 bits per heavy atom. The van der Waals surface area contributed by atoms with E-state index in [-0.39, 0.29) is 17.7 Å². The predicted molar refractivity (Wildman–Crippen MR) is 65.3 cm³/mol. The van der Waals surface area contributed by atoms with Crippen molar-refractivity contribution >= 4 is 11.8 Å². The van der Waals surface area contributed by atoms with Gasteiger partial charge in [0.2, 0.25) is 11.8 Å². The number of hydrogen-bond donors (Lipinski definition) is 1. The number of carbonyl (C=O) groups excluding carboxylic acids is 2. The summed E-state index contributed by atoms with van der Waals surface area (Å²) in [6, 6.07) is 0. The van der Waals surface area contributed by atoms with Gasteiger partial charge >= 0.3 is 0 Å². The molecule has 0 aromatic carbocycles. The molecule has 2 aliphatic rings. The van der Waals surface area contributed by atoms with E-state index in [9.17, 15) is 9.59 Å². The number of rotatable bonds is 2. The Hall–Kier alpha value is -1.06. The van der Waals surface area contributed by atoms with Crippen LogP contribution in [0, 0.1) is 11.8 Å². The Kier molecular flexibility index (Phi) is 4.02. The summed E-state index contributed by atoms with van der Waals surface area (Å²) < 4.78 is 0. The zero-order valence-electron chi connectivity index (χ0n) is 10.6. The maximum Gasteiger partial charge on any atom is 0.227 e. The first kappa shape index (κ1) is 12.4. The van der Waals surface area contributed by atoms with Gasteiger partial charge in [-0.15, -0.1) is 0 Å². The molecule has 2 saturated heterocycles. The van der Waals surface area contributed by atoms with E-state index in [1.807, 2.05) is 4.90 Å². The van der Waals surface area contributed by atoms with Crippen molar-refractivity contribution < 1.29 is 9.59 Å². The molecule has 4 heteroatoms. The van der Waals surface area contributed by atoms with Gasteiger partial charge in [0, 0.05) is 26.1 Å². The highest BCUT2D eigenvalue weighted by molar-refractivity contribution is 5.83. The number of piperidine rings is 2. The zero-order valence-corrected chi connectivity index (χ0v) is 10.6. The Balaban J connectivity index is 1.88. The third kappa shape index (κ3) is 2.99. The molecule has 17 heavy (non-hydrogen) atoms. The van der Waals surface area contributed by atoms with Crippen LogP contribution in [0.1, 0.15) is 39.0 Å². The van der Waals surface area contributed by atoms with Crippen molar-refractivity contribution in [1.82, 2.24) is 10.2 Å². The van der Waals surface area contributed by atoms with Crippen LogP contribution in [0.25, 0.3) is 0 Å². The quantitative estimate of drug-likeness (QED) is 0.785. The molecular weight excluding hydrogens is 216 g/mol. The largest absolute Gasteiger partial charge is 0.355 e. The van der Waals surface area contributed by atoms with Gasteiger partial charge in [0.05, 0.1) is 5.92 Å². The molecule has 2 amide bonds. The molecule has 4 nitrogen and oxygen atoms in total. The average molecular weight is 238 g/mol. The summed E-state index contributed by atoms with van der Waals surface area (Å²) in [5.41, 5.74) is 0. The highest BCUT2D eigenvalue weighted by Gasteiger charge is 2.30. The molecule has 0 radical (unpaired) electrons. The second-order valence-electron chi connectivity index (χ2n) is 5.24. The summed E-state index contributed by atoms with van der Waals surface area (Å²) in [5.74, 6) is 1.02. The maximum absolute atomic E-state index is 12.3. The van der Waals surface area contributed by atoms with Crippen molar-refractivity contribution in [3.8, 4) is 0 Å². The Morgan fingerprint density at radius 1 is 1.47 bits per heavy atom. The minimum Gasteiger partial charge on any atom is -0.355 e. The molecule has 0 saturated carbocycles. The van der Waals surface area contributed by atoms with Crippen molar-refractivity contribution in [1.29, 1.82) is 0 Å². The topological polar surface area (TPSA) is 49.4 Å². The third-order valence-electron chi connectivity index (χ3n) is 4.02. The Morgan fingerprint density at radius 2 is 2.29 bits per heavy atom. The smallest absolute Gasteiger partial charge is 0.227 e. The first-order valence-electron chi connectivity index (χ1n) is 6.76.